The largest absolute Gasteiger partial charge is 0.317 e. The summed E-state index contributed by atoms with van der Waals surface area (Å²) in [4.78, 5) is 21.3. The molecule has 3 aromatic heterocycles. The number of carbonyl (C=O) groups is 1. The molecule has 6 nitrogen and oxygen atoms in total. The topological polar surface area (TPSA) is 72.7 Å². The van der Waals surface area contributed by atoms with E-state index in [4.69, 9.17) is 5.10 Å². The molecule has 8 heteroatoms. The van der Waals surface area contributed by atoms with Crippen LogP contribution in [0.15, 0.2) is 39.9 Å². The summed E-state index contributed by atoms with van der Waals surface area (Å²) in [6, 6.07) is 6.09. The van der Waals surface area contributed by atoms with E-state index in [0.29, 0.717) is 27.0 Å². The minimum absolute atomic E-state index is 0.240. The van der Waals surface area contributed by atoms with Gasteiger partial charge in [0.25, 0.3) is 5.91 Å². The highest BCUT2D eigenvalue weighted by Gasteiger charge is 2.25. The molecule has 29 heavy (non-hydrogen) atoms. The van der Waals surface area contributed by atoms with Crippen LogP contribution in [0.25, 0.3) is 11.4 Å². The Bertz CT molecular complexity index is 963. The van der Waals surface area contributed by atoms with Crippen molar-refractivity contribution in [1.82, 2.24) is 19.7 Å². The third-order valence-corrected chi connectivity index (χ3v) is 6.85. The molecular weight excluding hydrogens is 450 g/mol. The van der Waals surface area contributed by atoms with E-state index in [1.807, 2.05) is 29.1 Å². The van der Waals surface area contributed by atoms with E-state index >= 15 is 0 Å². The fraction of sp³-hybridized carbons (Fsp3) is 0.429. The minimum atomic E-state index is -0.240. The van der Waals surface area contributed by atoms with Gasteiger partial charge in [0.1, 0.15) is 11.4 Å². The highest BCUT2D eigenvalue weighted by molar-refractivity contribution is 9.11. The number of rotatable bonds is 6. The predicted octanol–water partition coefficient (Wildman–Crippen LogP) is 5.95. The summed E-state index contributed by atoms with van der Waals surface area (Å²) >= 11 is 4.70. The Balaban J connectivity index is 1.59. The number of hydrogen-bond donors (Lipinski definition) is 1. The predicted molar refractivity (Wildman–Crippen MR) is 119 cm³/mol. The second-order valence-corrected chi connectivity index (χ2v) is 9.62. The lowest BCUT2D eigenvalue weighted by molar-refractivity contribution is 0.102. The molecule has 3 aromatic rings. The van der Waals surface area contributed by atoms with E-state index < -0.39 is 0 Å². The fourth-order valence-corrected chi connectivity index (χ4v) is 5.00. The first-order valence-electron chi connectivity index (χ1n) is 10.1. The van der Waals surface area contributed by atoms with Crippen LogP contribution in [-0.2, 0) is 0 Å². The molecule has 152 valence electrons. The van der Waals surface area contributed by atoms with Crippen molar-refractivity contribution in [1.29, 1.82) is 0 Å². The van der Waals surface area contributed by atoms with Crippen molar-refractivity contribution >= 4 is 38.9 Å². The molecule has 1 fully saturated rings. The number of thiazole rings is 1. The third-order valence-electron chi connectivity index (χ3n) is 5.48. The second kappa shape index (κ2) is 9.17. The maximum absolute atomic E-state index is 12.7. The first kappa shape index (κ1) is 20.2. The van der Waals surface area contributed by atoms with Gasteiger partial charge < -0.3 is 5.32 Å². The Morgan fingerprint density at radius 2 is 2.14 bits per heavy atom. The molecule has 0 bridgehead atoms. The highest BCUT2D eigenvalue weighted by atomic mass is 79.9. The quantitative estimate of drug-likeness (QED) is 0.479. The summed E-state index contributed by atoms with van der Waals surface area (Å²) in [6.07, 6.45) is 11.0. The normalized spacial score (nSPS) is 19.2. The Labute approximate surface area is 182 Å². The molecule has 0 radical (unpaired) electrons. The third kappa shape index (κ3) is 4.75. The van der Waals surface area contributed by atoms with Crippen molar-refractivity contribution < 1.29 is 4.79 Å². The zero-order chi connectivity index (χ0) is 20.2. The number of hydrogen-bond acceptors (Lipinski definition) is 5. The molecule has 3 heterocycles. The molecular formula is C21H24BrN5OS. The van der Waals surface area contributed by atoms with Crippen LogP contribution >= 0.6 is 27.3 Å². The van der Waals surface area contributed by atoms with Crippen molar-refractivity contribution in [2.75, 3.05) is 5.32 Å². The Hall–Kier alpha value is -2.06. The highest BCUT2D eigenvalue weighted by Crippen LogP contribution is 2.36. The molecule has 0 atom stereocenters. The molecule has 0 aromatic carbocycles. The Kier molecular flexibility index (Phi) is 6.40. The van der Waals surface area contributed by atoms with Crippen LogP contribution in [0.2, 0.25) is 0 Å². The van der Waals surface area contributed by atoms with Crippen molar-refractivity contribution in [3.05, 3.63) is 45.6 Å². The number of pyridine rings is 1. The molecule has 1 saturated carbocycles. The lowest BCUT2D eigenvalue weighted by Crippen LogP contribution is -2.18. The smallest absolute Gasteiger partial charge is 0.275 e. The lowest BCUT2D eigenvalue weighted by Gasteiger charge is -2.28. The van der Waals surface area contributed by atoms with E-state index in [-0.39, 0.29) is 5.91 Å². The Morgan fingerprint density at radius 3 is 2.79 bits per heavy atom. The molecule has 4 rings (SSSR count). The number of carbonyl (C=O) groups excluding carboxylic acids is 1. The van der Waals surface area contributed by atoms with E-state index in [1.54, 1.807) is 11.6 Å². The summed E-state index contributed by atoms with van der Waals surface area (Å²) < 4.78 is 2.71. The SMILES string of the molecule is CCCC1CCC(n2cc(NC(=O)c3csc(Br)n3)c(-c3ccccn3)n2)CC1. The van der Waals surface area contributed by atoms with Gasteiger partial charge >= 0.3 is 0 Å². The number of nitrogens with zero attached hydrogens (tertiary/aromatic N) is 4. The molecule has 1 aliphatic rings. The average Bonchev–Trinajstić information content (AvgIpc) is 3.36. The van der Waals surface area contributed by atoms with Crippen LogP contribution in [0, 0.1) is 5.92 Å². The van der Waals surface area contributed by atoms with Gasteiger partial charge in [0.05, 0.1) is 17.4 Å². The van der Waals surface area contributed by atoms with E-state index in [9.17, 15) is 4.79 Å². The number of aromatic nitrogens is 4. The van der Waals surface area contributed by atoms with Crippen LogP contribution in [0.3, 0.4) is 0 Å². The molecule has 0 aliphatic heterocycles. The lowest BCUT2D eigenvalue weighted by atomic mass is 9.83. The molecule has 1 amide bonds. The van der Waals surface area contributed by atoms with Gasteiger partial charge in [-0.2, -0.15) is 5.10 Å². The van der Waals surface area contributed by atoms with E-state index in [0.717, 1.165) is 24.5 Å². The maximum atomic E-state index is 12.7. The van der Waals surface area contributed by atoms with Gasteiger partial charge in [-0.15, -0.1) is 11.3 Å². The van der Waals surface area contributed by atoms with Crippen LogP contribution < -0.4 is 5.32 Å². The number of nitrogens with one attached hydrogen (secondary N) is 1. The summed E-state index contributed by atoms with van der Waals surface area (Å²) in [5.74, 6) is 0.597. The van der Waals surface area contributed by atoms with Gasteiger partial charge in [-0.25, -0.2) is 4.98 Å². The number of halogens is 1. The van der Waals surface area contributed by atoms with E-state index in [2.05, 4.69) is 38.1 Å². The van der Waals surface area contributed by atoms with Crippen LogP contribution in [0.5, 0.6) is 0 Å². The average molecular weight is 474 g/mol. The molecule has 0 saturated heterocycles. The van der Waals surface area contributed by atoms with Gasteiger partial charge in [-0.3, -0.25) is 14.5 Å². The number of anilines is 1. The zero-order valence-corrected chi connectivity index (χ0v) is 18.7. The van der Waals surface area contributed by atoms with Crippen LogP contribution in [-0.4, -0.2) is 25.7 Å². The fourth-order valence-electron chi connectivity index (χ4n) is 4.01. The standard InChI is InChI=1S/C21H24BrN5OS/c1-2-5-14-7-9-15(10-8-14)27-12-17(19(26-27)16-6-3-4-11-23-16)24-20(28)18-13-29-21(22)25-18/h3-4,6,11-15H,2,5,7-10H2,1H3,(H,24,28). The summed E-state index contributed by atoms with van der Waals surface area (Å²) in [7, 11) is 0. The molecule has 1 N–H and O–H groups in total. The van der Waals surface area contributed by atoms with Gasteiger partial charge in [-0.1, -0.05) is 25.8 Å². The van der Waals surface area contributed by atoms with Gasteiger partial charge in [0.2, 0.25) is 0 Å². The first-order chi connectivity index (χ1) is 14.1. The van der Waals surface area contributed by atoms with E-state index in [1.165, 1.54) is 37.0 Å². The zero-order valence-electron chi connectivity index (χ0n) is 16.3. The Morgan fingerprint density at radius 1 is 1.31 bits per heavy atom. The van der Waals surface area contributed by atoms with Crippen LogP contribution in [0.4, 0.5) is 5.69 Å². The molecule has 0 unspecified atom stereocenters. The number of amides is 1. The molecule has 1 aliphatic carbocycles. The summed E-state index contributed by atoms with van der Waals surface area (Å²) in [6.45, 7) is 2.26. The monoisotopic (exact) mass is 473 g/mol. The van der Waals surface area contributed by atoms with Crippen molar-refractivity contribution in [3.8, 4) is 11.4 Å². The first-order valence-corrected chi connectivity index (χ1v) is 11.7. The van der Waals surface area contributed by atoms with Crippen LogP contribution in [0.1, 0.15) is 62.0 Å². The van der Waals surface area contributed by atoms with Gasteiger partial charge in [0, 0.05) is 17.8 Å². The van der Waals surface area contributed by atoms with Gasteiger partial charge in [-0.05, 0) is 59.7 Å². The van der Waals surface area contributed by atoms with Gasteiger partial charge in [0.15, 0.2) is 3.92 Å². The van der Waals surface area contributed by atoms with Crippen molar-refractivity contribution in [2.24, 2.45) is 5.92 Å². The molecule has 0 spiro atoms. The summed E-state index contributed by atoms with van der Waals surface area (Å²) in [5, 5.41) is 9.56. The minimum Gasteiger partial charge on any atom is -0.317 e. The summed E-state index contributed by atoms with van der Waals surface area (Å²) in [5.41, 5.74) is 2.51. The maximum Gasteiger partial charge on any atom is 0.275 e. The second-order valence-electron chi connectivity index (χ2n) is 7.49. The van der Waals surface area contributed by atoms with Crippen molar-refractivity contribution in [3.63, 3.8) is 0 Å². The van der Waals surface area contributed by atoms with Crippen molar-refractivity contribution in [2.45, 2.75) is 51.5 Å².